The first-order chi connectivity index (χ1) is 11.5. The van der Waals surface area contributed by atoms with Gasteiger partial charge in [-0.2, -0.15) is 5.26 Å². The highest BCUT2D eigenvalue weighted by Crippen LogP contribution is 2.47. The number of hydrogen-bond donors (Lipinski definition) is 2. The number of aliphatic hydroxyl groups excluding tert-OH is 2. The Balaban J connectivity index is 2.46. The first-order valence-electron chi connectivity index (χ1n) is 7.39. The van der Waals surface area contributed by atoms with E-state index < -0.39 is 41.8 Å². The number of benzene rings is 1. The van der Waals surface area contributed by atoms with Crippen LogP contribution in [-0.4, -0.2) is 53.2 Å². The SMILES string of the molecule is CCOC(=O)[C@@]1(C#N)[C@H](O)[C@@H](CO)O[C@H](F)[C@H]1Sc1ccccc1. The molecule has 1 aromatic rings. The number of ether oxygens (including phenoxy) is 2. The van der Waals surface area contributed by atoms with Gasteiger partial charge in [-0.3, -0.25) is 4.79 Å². The fraction of sp³-hybridized carbons (Fsp3) is 0.500. The van der Waals surface area contributed by atoms with Crippen molar-refractivity contribution < 1.29 is 28.9 Å². The van der Waals surface area contributed by atoms with Crippen LogP contribution in [0.4, 0.5) is 4.39 Å². The van der Waals surface area contributed by atoms with Gasteiger partial charge in [0.2, 0.25) is 6.36 Å². The molecule has 1 aromatic carbocycles. The molecular weight excluding hydrogens is 337 g/mol. The number of thioether (sulfide) groups is 1. The van der Waals surface area contributed by atoms with Crippen molar-refractivity contribution >= 4 is 17.7 Å². The zero-order valence-corrected chi connectivity index (χ0v) is 13.8. The molecule has 0 saturated carbocycles. The number of hydrogen-bond acceptors (Lipinski definition) is 7. The smallest absolute Gasteiger partial charge is 0.330 e. The van der Waals surface area contributed by atoms with Crippen LogP contribution in [0.2, 0.25) is 0 Å². The summed E-state index contributed by atoms with van der Waals surface area (Å²) in [6.45, 7) is 0.789. The lowest BCUT2D eigenvalue weighted by molar-refractivity contribution is -0.219. The lowest BCUT2D eigenvalue weighted by Gasteiger charge is -2.44. The monoisotopic (exact) mass is 355 g/mol. The second-order valence-electron chi connectivity index (χ2n) is 5.21. The number of nitrogens with zero attached hydrogens (tertiary/aromatic N) is 1. The Bertz CT molecular complexity index is 610. The Hall–Kier alpha value is -1.66. The highest BCUT2D eigenvalue weighted by Gasteiger charge is 2.63. The normalized spacial score (nSPS) is 32.8. The van der Waals surface area contributed by atoms with Crippen molar-refractivity contribution in [3.8, 4) is 6.07 Å². The van der Waals surface area contributed by atoms with Gasteiger partial charge in [0.05, 0.1) is 24.5 Å². The summed E-state index contributed by atoms with van der Waals surface area (Å²) >= 11 is 0.910. The molecule has 1 aliphatic heterocycles. The Morgan fingerprint density at radius 2 is 2.17 bits per heavy atom. The van der Waals surface area contributed by atoms with E-state index in [1.54, 1.807) is 43.3 Å². The number of rotatable bonds is 5. The lowest BCUT2D eigenvalue weighted by Crippen LogP contribution is -2.63. The molecule has 6 nitrogen and oxygen atoms in total. The van der Waals surface area contributed by atoms with Crippen molar-refractivity contribution in [2.75, 3.05) is 13.2 Å². The molecule has 24 heavy (non-hydrogen) atoms. The Morgan fingerprint density at radius 1 is 1.50 bits per heavy atom. The second-order valence-corrected chi connectivity index (χ2v) is 6.42. The molecule has 0 aromatic heterocycles. The molecule has 5 atom stereocenters. The van der Waals surface area contributed by atoms with Crippen molar-refractivity contribution in [3.63, 3.8) is 0 Å². The summed E-state index contributed by atoms with van der Waals surface area (Å²) in [6, 6.07) is 10.3. The summed E-state index contributed by atoms with van der Waals surface area (Å²) in [4.78, 5) is 13.1. The van der Waals surface area contributed by atoms with Crippen molar-refractivity contribution in [3.05, 3.63) is 30.3 Å². The first kappa shape index (κ1) is 18.7. The summed E-state index contributed by atoms with van der Waals surface area (Å²) < 4.78 is 24.5. The topological polar surface area (TPSA) is 99.8 Å². The minimum absolute atomic E-state index is 0.0285. The minimum Gasteiger partial charge on any atom is -0.465 e. The van der Waals surface area contributed by atoms with Crippen LogP contribution in [0.15, 0.2) is 35.2 Å². The molecule has 1 saturated heterocycles. The third-order valence-corrected chi connectivity index (χ3v) is 5.18. The van der Waals surface area contributed by atoms with Gasteiger partial charge in [-0.15, -0.1) is 11.8 Å². The number of halogens is 1. The van der Waals surface area contributed by atoms with Gasteiger partial charge >= 0.3 is 5.97 Å². The fourth-order valence-corrected chi connectivity index (χ4v) is 3.83. The molecule has 0 unspecified atom stereocenters. The maximum atomic E-state index is 14.6. The van der Waals surface area contributed by atoms with Gasteiger partial charge in [0, 0.05) is 4.90 Å². The molecule has 2 N–H and O–H groups in total. The molecule has 0 aliphatic carbocycles. The third-order valence-electron chi connectivity index (χ3n) is 3.79. The van der Waals surface area contributed by atoms with Gasteiger partial charge in [-0.05, 0) is 19.1 Å². The van der Waals surface area contributed by atoms with Crippen molar-refractivity contribution in [2.45, 2.75) is 35.6 Å². The van der Waals surface area contributed by atoms with E-state index in [0.717, 1.165) is 11.8 Å². The molecule has 0 amide bonds. The number of esters is 1. The van der Waals surface area contributed by atoms with E-state index in [1.165, 1.54) is 0 Å². The Morgan fingerprint density at radius 3 is 2.71 bits per heavy atom. The molecule has 0 spiro atoms. The predicted octanol–water partition coefficient (Wildman–Crippen LogP) is 1.27. The molecule has 0 radical (unpaired) electrons. The average molecular weight is 355 g/mol. The largest absolute Gasteiger partial charge is 0.465 e. The maximum Gasteiger partial charge on any atom is 0.330 e. The lowest BCUT2D eigenvalue weighted by atomic mass is 9.75. The quantitative estimate of drug-likeness (QED) is 0.767. The van der Waals surface area contributed by atoms with E-state index in [0.29, 0.717) is 4.90 Å². The van der Waals surface area contributed by atoms with E-state index >= 15 is 0 Å². The maximum absolute atomic E-state index is 14.6. The number of alkyl halides is 1. The van der Waals surface area contributed by atoms with Crippen molar-refractivity contribution in [2.24, 2.45) is 5.41 Å². The van der Waals surface area contributed by atoms with E-state index in [9.17, 15) is 24.7 Å². The average Bonchev–Trinajstić information content (AvgIpc) is 2.59. The molecule has 1 aliphatic rings. The zero-order valence-electron chi connectivity index (χ0n) is 13.0. The van der Waals surface area contributed by atoms with Gasteiger partial charge in [-0.1, -0.05) is 18.2 Å². The van der Waals surface area contributed by atoms with Gasteiger partial charge in [0.25, 0.3) is 0 Å². The molecule has 1 heterocycles. The van der Waals surface area contributed by atoms with E-state index in [-0.39, 0.29) is 6.61 Å². The van der Waals surface area contributed by atoms with Crippen LogP contribution >= 0.6 is 11.8 Å². The van der Waals surface area contributed by atoms with E-state index in [2.05, 4.69) is 0 Å². The van der Waals surface area contributed by atoms with E-state index in [1.807, 2.05) is 0 Å². The van der Waals surface area contributed by atoms with Crippen molar-refractivity contribution in [1.29, 1.82) is 5.26 Å². The number of nitriles is 1. The van der Waals surface area contributed by atoms with Crippen LogP contribution in [0.1, 0.15) is 6.92 Å². The first-order valence-corrected chi connectivity index (χ1v) is 8.27. The highest BCUT2D eigenvalue weighted by atomic mass is 32.2. The summed E-state index contributed by atoms with van der Waals surface area (Å²) in [7, 11) is 0. The number of aliphatic hydroxyl groups is 2. The molecule has 1 fully saturated rings. The highest BCUT2D eigenvalue weighted by molar-refractivity contribution is 8.00. The predicted molar refractivity (Wildman–Crippen MR) is 83.6 cm³/mol. The van der Waals surface area contributed by atoms with Crippen LogP contribution in [-0.2, 0) is 14.3 Å². The summed E-state index contributed by atoms with van der Waals surface area (Å²) in [5.74, 6) is -1.03. The van der Waals surface area contributed by atoms with Crippen LogP contribution < -0.4 is 0 Å². The number of carbonyl (C=O) groups is 1. The zero-order chi connectivity index (χ0) is 17.7. The molecular formula is C16H18FNO5S. The summed E-state index contributed by atoms with van der Waals surface area (Å²) in [5.41, 5.74) is -2.19. The minimum atomic E-state index is -2.19. The standard InChI is InChI=1S/C16H18FNO5S/c1-2-22-15(21)16(9-18)12(20)11(8-19)23-14(17)13(16)24-10-6-4-3-5-7-10/h3-7,11-14,19-20H,2,8H2,1H3/t11-,12-,13-,14+,16+/m1/s1. The molecule has 8 heteroatoms. The van der Waals surface area contributed by atoms with Gasteiger partial charge in [0.15, 0.2) is 5.41 Å². The van der Waals surface area contributed by atoms with Crippen molar-refractivity contribution in [1.82, 2.24) is 0 Å². The molecule has 2 rings (SSSR count). The van der Waals surface area contributed by atoms with Crippen LogP contribution in [0, 0.1) is 16.7 Å². The van der Waals surface area contributed by atoms with Gasteiger partial charge in [-0.25, -0.2) is 4.39 Å². The van der Waals surface area contributed by atoms with E-state index in [4.69, 9.17) is 9.47 Å². The van der Waals surface area contributed by atoms with Gasteiger partial charge in [0.1, 0.15) is 12.2 Å². The molecule has 0 bridgehead atoms. The van der Waals surface area contributed by atoms with Crippen LogP contribution in [0.25, 0.3) is 0 Å². The fourth-order valence-electron chi connectivity index (χ4n) is 2.58. The van der Waals surface area contributed by atoms with Crippen LogP contribution in [0.3, 0.4) is 0 Å². The molecule has 130 valence electrons. The van der Waals surface area contributed by atoms with Gasteiger partial charge < -0.3 is 19.7 Å². The third kappa shape index (κ3) is 3.26. The number of carbonyl (C=O) groups excluding carboxylic acids is 1. The Labute approximate surface area is 143 Å². The summed E-state index contributed by atoms with van der Waals surface area (Å²) in [6.07, 6.45) is -5.16. The van der Waals surface area contributed by atoms with Crippen LogP contribution in [0.5, 0.6) is 0 Å². The second kappa shape index (κ2) is 7.94. The Kier molecular flexibility index (Phi) is 6.18. The summed E-state index contributed by atoms with van der Waals surface area (Å²) in [5, 5.41) is 28.0.